The van der Waals surface area contributed by atoms with Gasteiger partial charge < -0.3 is 0 Å². The van der Waals surface area contributed by atoms with Crippen LogP contribution in [0.4, 0.5) is 0 Å². The summed E-state index contributed by atoms with van der Waals surface area (Å²) in [6, 6.07) is 4.16. The Labute approximate surface area is 105 Å². The van der Waals surface area contributed by atoms with Crippen molar-refractivity contribution in [2.45, 2.75) is 63.6 Å². The molecule has 1 aliphatic heterocycles. The third kappa shape index (κ3) is 3.00. The van der Waals surface area contributed by atoms with Crippen LogP contribution in [-0.4, -0.2) is 48.1 Å². The Hall–Kier alpha value is -0.590. The van der Waals surface area contributed by atoms with Gasteiger partial charge in [0.1, 0.15) is 0 Å². The molecule has 2 unspecified atom stereocenters. The Morgan fingerprint density at radius 3 is 2.53 bits per heavy atom. The van der Waals surface area contributed by atoms with Crippen LogP contribution >= 0.6 is 0 Å². The van der Waals surface area contributed by atoms with E-state index in [1.54, 1.807) is 0 Å². The lowest BCUT2D eigenvalue weighted by Gasteiger charge is -2.47. The molecule has 2 atom stereocenters. The van der Waals surface area contributed by atoms with Crippen LogP contribution < -0.4 is 0 Å². The summed E-state index contributed by atoms with van der Waals surface area (Å²) >= 11 is 0. The molecular weight excluding hydrogens is 210 g/mol. The van der Waals surface area contributed by atoms with E-state index in [1.165, 1.54) is 38.6 Å². The lowest BCUT2D eigenvalue weighted by Crippen LogP contribution is -2.58. The number of nitriles is 1. The fourth-order valence-electron chi connectivity index (χ4n) is 3.36. The van der Waals surface area contributed by atoms with E-state index in [9.17, 15) is 0 Å². The van der Waals surface area contributed by atoms with Gasteiger partial charge in [-0.2, -0.15) is 5.26 Å². The minimum atomic E-state index is 0.436. The first-order valence-electron chi connectivity index (χ1n) is 7.05. The van der Waals surface area contributed by atoms with Gasteiger partial charge in [0.05, 0.1) is 12.5 Å². The second-order valence-electron chi connectivity index (χ2n) is 5.78. The maximum Gasteiger partial charge on any atom is 0.0638 e. The highest BCUT2D eigenvalue weighted by Crippen LogP contribution is 2.26. The van der Waals surface area contributed by atoms with Crippen LogP contribution in [0.25, 0.3) is 0 Å². The van der Waals surface area contributed by atoms with Crippen molar-refractivity contribution in [2.75, 3.05) is 20.1 Å². The molecule has 1 saturated heterocycles. The molecule has 3 nitrogen and oxygen atoms in total. The molecule has 0 aromatic carbocycles. The van der Waals surface area contributed by atoms with Crippen LogP contribution in [0, 0.1) is 11.3 Å². The zero-order valence-electron chi connectivity index (χ0n) is 11.2. The Morgan fingerprint density at radius 2 is 1.88 bits per heavy atom. The molecule has 17 heavy (non-hydrogen) atoms. The van der Waals surface area contributed by atoms with Gasteiger partial charge in [0.15, 0.2) is 0 Å². The van der Waals surface area contributed by atoms with Crippen molar-refractivity contribution in [1.82, 2.24) is 9.80 Å². The van der Waals surface area contributed by atoms with E-state index in [4.69, 9.17) is 5.26 Å². The van der Waals surface area contributed by atoms with Crippen molar-refractivity contribution in [2.24, 2.45) is 0 Å². The highest BCUT2D eigenvalue weighted by Gasteiger charge is 2.33. The molecule has 0 aromatic heterocycles. The lowest BCUT2D eigenvalue weighted by molar-refractivity contribution is 0.0183. The topological polar surface area (TPSA) is 30.3 Å². The summed E-state index contributed by atoms with van der Waals surface area (Å²) in [6.45, 7) is 4.57. The van der Waals surface area contributed by atoms with E-state index < -0.39 is 0 Å². The zero-order valence-corrected chi connectivity index (χ0v) is 11.2. The Bertz CT molecular complexity index is 278. The number of nitrogens with zero attached hydrogens (tertiary/aromatic N) is 3. The number of rotatable bonds is 2. The molecular formula is C14H25N3. The van der Waals surface area contributed by atoms with E-state index >= 15 is 0 Å². The summed E-state index contributed by atoms with van der Waals surface area (Å²) in [5.41, 5.74) is 0. The minimum absolute atomic E-state index is 0.436. The maximum atomic E-state index is 8.92. The third-order valence-corrected chi connectivity index (χ3v) is 4.63. The van der Waals surface area contributed by atoms with Crippen molar-refractivity contribution >= 4 is 0 Å². The van der Waals surface area contributed by atoms with E-state index in [2.05, 4.69) is 29.8 Å². The van der Waals surface area contributed by atoms with E-state index in [0.29, 0.717) is 18.5 Å². The molecule has 2 fully saturated rings. The smallest absolute Gasteiger partial charge is 0.0638 e. The van der Waals surface area contributed by atoms with Gasteiger partial charge in [0.25, 0.3) is 0 Å². The number of piperazine rings is 1. The molecule has 0 aromatic rings. The first-order chi connectivity index (χ1) is 8.22. The van der Waals surface area contributed by atoms with Gasteiger partial charge in [-0.3, -0.25) is 9.80 Å². The second kappa shape index (κ2) is 5.84. The third-order valence-electron chi connectivity index (χ3n) is 4.63. The summed E-state index contributed by atoms with van der Waals surface area (Å²) in [7, 11) is 2.17. The fourth-order valence-corrected chi connectivity index (χ4v) is 3.36. The lowest BCUT2D eigenvalue weighted by atomic mass is 9.92. The average Bonchev–Trinajstić information content (AvgIpc) is 2.36. The Morgan fingerprint density at radius 1 is 1.18 bits per heavy atom. The van der Waals surface area contributed by atoms with Gasteiger partial charge in [-0.25, -0.2) is 0 Å². The number of hydrogen-bond acceptors (Lipinski definition) is 3. The minimum Gasteiger partial charge on any atom is -0.297 e. The second-order valence-corrected chi connectivity index (χ2v) is 5.78. The van der Waals surface area contributed by atoms with Gasteiger partial charge in [0, 0.05) is 31.2 Å². The van der Waals surface area contributed by atoms with Crippen molar-refractivity contribution in [3.8, 4) is 6.07 Å². The van der Waals surface area contributed by atoms with Gasteiger partial charge in [0.2, 0.25) is 0 Å². The molecule has 1 heterocycles. The normalized spacial score (nSPS) is 33.5. The molecule has 0 N–H and O–H groups in total. The molecule has 0 bridgehead atoms. The van der Waals surface area contributed by atoms with Crippen molar-refractivity contribution in [1.29, 1.82) is 5.26 Å². The molecule has 2 rings (SSSR count). The molecule has 2 aliphatic rings. The largest absolute Gasteiger partial charge is 0.297 e. The fraction of sp³-hybridized carbons (Fsp3) is 0.929. The van der Waals surface area contributed by atoms with Crippen LogP contribution in [-0.2, 0) is 0 Å². The van der Waals surface area contributed by atoms with Gasteiger partial charge in [-0.15, -0.1) is 0 Å². The maximum absolute atomic E-state index is 8.92. The summed E-state index contributed by atoms with van der Waals surface area (Å²) in [6.07, 6.45) is 7.62. The molecule has 1 saturated carbocycles. The van der Waals surface area contributed by atoms with E-state index in [-0.39, 0.29) is 0 Å². The highest BCUT2D eigenvalue weighted by molar-refractivity contribution is 4.93. The SMILES string of the molecule is CC1CN(C2CCCCC2)CC(CC#N)N1C. The predicted molar refractivity (Wildman–Crippen MR) is 69.7 cm³/mol. The Kier molecular flexibility index (Phi) is 4.42. The first-order valence-corrected chi connectivity index (χ1v) is 7.05. The van der Waals surface area contributed by atoms with Crippen LogP contribution in [0.2, 0.25) is 0 Å². The first kappa shape index (κ1) is 12.9. The highest BCUT2D eigenvalue weighted by atomic mass is 15.3. The van der Waals surface area contributed by atoms with Crippen LogP contribution in [0.1, 0.15) is 45.4 Å². The average molecular weight is 235 g/mol. The van der Waals surface area contributed by atoms with E-state index in [0.717, 1.165) is 12.6 Å². The monoisotopic (exact) mass is 235 g/mol. The quantitative estimate of drug-likeness (QED) is 0.735. The molecule has 3 heteroatoms. The molecule has 0 amide bonds. The van der Waals surface area contributed by atoms with Crippen molar-refractivity contribution in [3.05, 3.63) is 0 Å². The molecule has 96 valence electrons. The predicted octanol–water partition coefficient (Wildman–Crippen LogP) is 2.24. The molecule has 0 radical (unpaired) electrons. The summed E-state index contributed by atoms with van der Waals surface area (Å²) < 4.78 is 0. The van der Waals surface area contributed by atoms with Crippen molar-refractivity contribution < 1.29 is 0 Å². The van der Waals surface area contributed by atoms with Crippen LogP contribution in [0.5, 0.6) is 0 Å². The van der Waals surface area contributed by atoms with Crippen LogP contribution in [0.3, 0.4) is 0 Å². The van der Waals surface area contributed by atoms with Crippen molar-refractivity contribution in [3.63, 3.8) is 0 Å². The number of likely N-dealkylation sites (N-methyl/N-ethyl adjacent to an activating group) is 1. The zero-order chi connectivity index (χ0) is 12.3. The van der Waals surface area contributed by atoms with E-state index in [1.807, 2.05) is 0 Å². The molecule has 1 aliphatic carbocycles. The summed E-state index contributed by atoms with van der Waals surface area (Å²) in [4.78, 5) is 5.05. The van der Waals surface area contributed by atoms with Gasteiger partial charge >= 0.3 is 0 Å². The Balaban J connectivity index is 1.97. The van der Waals surface area contributed by atoms with Crippen LogP contribution in [0.15, 0.2) is 0 Å². The standard InChI is InChI=1S/C14H25N3/c1-12-10-17(13-6-4-3-5-7-13)11-14(8-9-15)16(12)2/h12-14H,3-8,10-11H2,1-2H3. The van der Waals surface area contributed by atoms with Gasteiger partial charge in [-0.05, 0) is 26.8 Å². The molecule has 0 spiro atoms. The summed E-state index contributed by atoms with van der Waals surface area (Å²) in [5.74, 6) is 0. The van der Waals surface area contributed by atoms with Gasteiger partial charge in [-0.1, -0.05) is 19.3 Å². The number of hydrogen-bond donors (Lipinski definition) is 0. The summed E-state index contributed by atoms with van der Waals surface area (Å²) in [5, 5.41) is 8.92.